The van der Waals surface area contributed by atoms with E-state index < -0.39 is 11.6 Å². The van der Waals surface area contributed by atoms with Crippen molar-refractivity contribution < 1.29 is 47.5 Å². The topological polar surface area (TPSA) is 46.5 Å². The van der Waals surface area contributed by atoms with E-state index in [0.717, 1.165) is 30.2 Å². The Morgan fingerprint density at radius 2 is 1.50 bits per heavy atom. The van der Waals surface area contributed by atoms with Crippen molar-refractivity contribution in [3.63, 3.8) is 0 Å². The maximum atomic E-state index is 13.3. The molecule has 2 aliphatic heterocycles. The van der Waals surface area contributed by atoms with Crippen LogP contribution < -0.4 is 24.0 Å². The van der Waals surface area contributed by atoms with Gasteiger partial charge in [-0.2, -0.15) is 0 Å². The molecule has 0 spiro atoms. The maximum Gasteiger partial charge on any atom is 0.347 e. The number of quaternary nitrogens is 1. The molecule has 2 atom stereocenters. The first kappa shape index (κ1) is 23.2. The van der Waals surface area contributed by atoms with Gasteiger partial charge in [-0.3, -0.25) is 0 Å². The molecule has 2 fully saturated rings. The summed E-state index contributed by atoms with van der Waals surface area (Å²) in [5.41, 5.74) is -0.864. The fourth-order valence-corrected chi connectivity index (χ4v) is 5.33. The van der Waals surface area contributed by atoms with E-state index in [1.54, 1.807) is 48.5 Å². The van der Waals surface area contributed by atoms with Crippen molar-refractivity contribution in [2.75, 3.05) is 20.3 Å². The van der Waals surface area contributed by atoms with Crippen LogP contribution in [0.1, 0.15) is 36.8 Å². The van der Waals surface area contributed by atoms with Crippen LogP contribution in [-0.2, 0) is 15.1 Å². The summed E-state index contributed by atoms with van der Waals surface area (Å²) in [4.78, 5) is 13.3. The number of alkyl halides is 1. The van der Waals surface area contributed by atoms with Crippen LogP contribution in [0.2, 0.25) is 0 Å². The first-order valence-electron chi connectivity index (χ1n) is 10.4. The van der Waals surface area contributed by atoms with E-state index >= 15 is 0 Å². The Bertz CT molecular complexity index is 795. The number of fused-ring (bicyclic) bond motifs is 2. The summed E-state index contributed by atoms with van der Waals surface area (Å²) in [5.74, 6) is -0.638. The Morgan fingerprint density at radius 3 is 1.93 bits per heavy atom. The van der Waals surface area contributed by atoms with Crippen LogP contribution in [0, 0.1) is 0 Å². The van der Waals surface area contributed by atoms with Gasteiger partial charge >= 0.3 is 5.97 Å². The van der Waals surface area contributed by atoms with Gasteiger partial charge in [0.05, 0.1) is 19.1 Å². The van der Waals surface area contributed by atoms with Crippen molar-refractivity contribution in [3.8, 4) is 0 Å². The van der Waals surface area contributed by atoms with Gasteiger partial charge in [-0.25, -0.2) is 9.18 Å². The molecule has 6 heteroatoms. The number of ether oxygens (including phenoxy) is 1. The number of aliphatic hydroxyl groups is 1. The number of carbonyl (C=O) groups is 1. The molecule has 2 bridgehead atoms. The van der Waals surface area contributed by atoms with E-state index in [1.807, 2.05) is 12.1 Å². The smallest absolute Gasteiger partial charge is 0.347 e. The highest BCUT2D eigenvalue weighted by Crippen LogP contribution is 2.43. The molecule has 30 heavy (non-hydrogen) atoms. The van der Waals surface area contributed by atoms with Gasteiger partial charge in [-0.1, -0.05) is 60.7 Å². The van der Waals surface area contributed by atoms with Crippen LogP contribution >= 0.6 is 0 Å². The fraction of sp³-hybridized carbons (Fsp3) is 0.458. The van der Waals surface area contributed by atoms with Crippen molar-refractivity contribution in [2.24, 2.45) is 0 Å². The molecule has 162 valence electrons. The lowest BCUT2D eigenvalue weighted by Gasteiger charge is -2.46. The fourth-order valence-electron chi connectivity index (χ4n) is 5.33. The highest BCUT2D eigenvalue weighted by molar-refractivity contribution is 5.85. The highest BCUT2D eigenvalue weighted by atomic mass is 127. The summed E-state index contributed by atoms with van der Waals surface area (Å²) < 4.78 is 19.8. The third-order valence-electron chi connectivity index (χ3n) is 7.09. The third-order valence-corrected chi connectivity index (χ3v) is 7.09. The minimum absolute atomic E-state index is 0. The van der Waals surface area contributed by atoms with Crippen LogP contribution in [0.15, 0.2) is 60.7 Å². The second-order valence-corrected chi connectivity index (χ2v) is 8.59. The van der Waals surface area contributed by atoms with Crippen LogP contribution in [-0.4, -0.2) is 54.0 Å². The lowest BCUT2D eigenvalue weighted by Crippen LogP contribution is -3.00. The van der Waals surface area contributed by atoms with E-state index in [-0.39, 0.29) is 36.8 Å². The summed E-state index contributed by atoms with van der Waals surface area (Å²) in [6, 6.07) is 18.5. The Balaban J connectivity index is 0.00000256. The minimum Gasteiger partial charge on any atom is -1.00 e. The quantitative estimate of drug-likeness (QED) is 0.341. The van der Waals surface area contributed by atoms with Gasteiger partial charge in [0.1, 0.15) is 19.3 Å². The van der Waals surface area contributed by atoms with Gasteiger partial charge in [0.15, 0.2) is 0 Å². The van der Waals surface area contributed by atoms with Gasteiger partial charge in [-0.05, 0) is 11.1 Å². The zero-order valence-corrected chi connectivity index (χ0v) is 19.4. The van der Waals surface area contributed by atoms with E-state index in [1.165, 1.54) is 0 Å². The number of esters is 1. The van der Waals surface area contributed by atoms with Gasteiger partial charge in [0.25, 0.3) is 0 Å². The number of benzene rings is 2. The summed E-state index contributed by atoms with van der Waals surface area (Å²) in [5, 5.41) is 11.6. The molecule has 0 aromatic heterocycles. The molecule has 2 heterocycles. The summed E-state index contributed by atoms with van der Waals surface area (Å²) in [7, 11) is 2.13. The minimum atomic E-state index is -1.85. The summed E-state index contributed by atoms with van der Waals surface area (Å²) in [6.07, 6.45) is 3.27. The van der Waals surface area contributed by atoms with Crippen molar-refractivity contribution in [1.29, 1.82) is 0 Å². The van der Waals surface area contributed by atoms with Crippen molar-refractivity contribution in [1.82, 2.24) is 0 Å². The molecular formula is C24H29FINO3. The van der Waals surface area contributed by atoms with E-state index in [9.17, 15) is 14.3 Å². The zero-order valence-electron chi connectivity index (χ0n) is 17.2. The normalized spacial score (nSPS) is 27.9. The van der Waals surface area contributed by atoms with Crippen LogP contribution in [0.4, 0.5) is 4.39 Å². The molecule has 2 saturated heterocycles. The molecule has 0 aliphatic carbocycles. The second kappa shape index (κ2) is 9.32. The molecule has 4 nitrogen and oxygen atoms in total. The van der Waals surface area contributed by atoms with Gasteiger partial charge in [0.2, 0.25) is 5.60 Å². The number of rotatable bonds is 6. The Labute approximate surface area is 194 Å². The van der Waals surface area contributed by atoms with E-state index in [0.29, 0.717) is 29.8 Å². The molecular weight excluding hydrogens is 496 g/mol. The number of hydrogen-bond acceptors (Lipinski definition) is 3. The Hall–Kier alpha value is -1.51. The average molecular weight is 525 g/mol. The second-order valence-electron chi connectivity index (χ2n) is 8.59. The van der Waals surface area contributed by atoms with Crippen LogP contribution in [0.25, 0.3) is 0 Å². The van der Waals surface area contributed by atoms with Gasteiger partial charge in [0, 0.05) is 25.7 Å². The molecule has 0 amide bonds. The standard InChI is InChI=1S/C24H29FNO3.HI/c1-26(15-14-25)20-12-13-21(26)17-22(16-20)29-23(27)24(28,18-8-4-2-5-9-18)19-10-6-3-7-11-19;/h2-11,20-22,28H,12-17H2,1H3;1H/q+1;/p-1/t20-,21-,22?,26?;/m1./s1. The van der Waals surface area contributed by atoms with Crippen LogP contribution in [0.5, 0.6) is 0 Å². The van der Waals surface area contributed by atoms with Crippen LogP contribution in [0.3, 0.4) is 0 Å². The van der Waals surface area contributed by atoms with Crippen molar-refractivity contribution in [3.05, 3.63) is 71.8 Å². The SMILES string of the molecule is C[N+]1(CCF)[C@@H]2CC[C@@H]1CC(OC(=O)C(O)(c1ccccc1)c1ccccc1)C2.[I-]. The number of halogens is 2. The first-order chi connectivity index (χ1) is 14.0. The molecule has 1 N–H and O–H groups in total. The Morgan fingerprint density at radius 1 is 1.03 bits per heavy atom. The molecule has 0 radical (unpaired) electrons. The molecule has 2 aliphatic rings. The summed E-state index contributed by atoms with van der Waals surface area (Å²) >= 11 is 0. The number of carbonyl (C=O) groups excluding carboxylic acids is 1. The molecule has 2 aromatic rings. The molecule has 0 saturated carbocycles. The van der Waals surface area contributed by atoms with E-state index in [4.69, 9.17) is 4.74 Å². The zero-order chi connectivity index (χ0) is 20.5. The summed E-state index contributed by atoms with van der Waals surface area (Å²) in [6.45, 7) is 0.198. The van der Waals surface area contributed by atoms with Crippen molar-refractivity contribution >= 4 is 5.97 Å². The molecule has 2 aromatic carbocycles. The van der Waals surface area contributed by atoms with Gasteiger partial charge in [-0.15, -0.1) is 0 Å². The largest absolute Gasteiger partial charge is 1.00 e. The monoisotopic (exact) mass is 525 g/mol. The third kappa shape index (κ3) is 4.01. The number of piperidine rings is 1. The first-order valence-corrected chi connectivity index (χ1v) is 10.4. The predicted octanol–water partition coefficient (Wildman–Crippen LogP) is 0.579. The lowest BCUT2D eigenvalue weighted by molar-refractivity contribution is -0.949. The lowest BCUT2D eigenvalue weighted by atomic mass is 9.86. The predicted molar refractivity (Wildman–Crippen MR) is 109 cm³/mol. The molecule has 4 rings (SSSR count). The highest BCUT2D eigenvalue weighted by Gasteiger charge is 2.53. The number of hydrogen-bond donors (Lipinski definition) is 1. The Kier molecular flexibility index (Phi) is 7.20. The van der Waals surface area contributed by atoms with E-state index in [2.05, 4.69) is 7.05 Å². The maximum absolute atomic E-state index is 13.3. The molecule has 0 unspecified atom stereocenters. The van der Waals surface area contributed by atoms with Crippen molar-refractivity contribution in [2.45, 2.75) is 49.5 Å². The average Bonchev–Trinajstić information content (AvgIpc) is 2.91. The van der Waals surface area contributed by atoms with Gasteiger partial charge < -0.3 is 38.3 Å². The number of nitrogens with zero attached hydrogens (tertiary/aromatic N) is 1.